The zero-order valence-corrected chi connectivity index (χ0v) is 18.4. The topological polar surface area (TPSA) is 86.6 Å². The van der Waals surface area contributed by atoms with E-state index in [9.17, 15) is 19.8 Å². The summed E-state index contributed by atoms with van der Waals surface area (Å²) in [6.45, 7) is 4.25. The number of para-hydroxylation sites is 1. The van der Waals surface area contributed by atoms with Crippen LogP contribution in [0.1, 0.15) is 69.2 Å². The molecule has 4 aliphatic rings. The van der Waals surface area contributed by atoms with Gasteiger partial charge < -0.3 is 15.5 Å². The summed E-state index contributed by atoms with van der Waals surface area (Å²) in [6, 6.07) is 7.48. The Kier molecular flexibility index (Phi) is 4.81. The lowest BCUT2D eigenvalue weighted by Crippen LogP contribution is -2.55. The van der Waals surface area contributed by atoms with E-state index in [2.05, 4.69) is 12.2 Å². The Bertz CT molecular complexity index is 954. The zero-order chi connectivity index (χ0) is 22.0. The van der Waals surface area contributed by atoms with Crippen LogP contribution in [0.4, 0.5) is 5.69 Å². The number of fused-ring (bicyclic) bond motifs is 4. The van der Waals surface area contributed by atoms with Gasteiger partial charge in [0.2, 0.25) is 5.78 Å². The first kappa shape index (κ1) is 20.7. The number of aliphatic hydroxyl groups is 1. The molecule has 0 amide bonds. The predicted octanol–water partition coefficient (Wildman–Crippen LogP) is 4.87. The van der Waals surface area contributed by atoms with Gasteiger partial charge >= 0.3 is 5.97 Å². The van der Waals surface area contributed by atoms with Crippen LogP contribution < -0.4 is 5.32 Å². The largest absolute Gasteiger partial charge is 0.481 e. The number of ketones is 1. The van der Waals surface area contributed by atoms with Gasteiger partial charge in [0.15, 0.2) is 0 Å². The van der Waals surface area contributed by atoms with Gasteiger partial charge in [0.1, 0.15) is 0 Å². The highest BCUT2D eigenvalue weighted by Crippen LogP contribution is 2.63. The van der Waals surface area contributed by atoms with Crippen LogP contribution in [-0.2, 0) is 4.79 Å². The Hall–Kier alpha value is -2.14. The Morgan fingerprint density at radius 1 is 1.13 bits per heavy atom. The molecule has 0 aromatic heterocycles. The number of carbonyl (C=O) groups is 2. The summed E-state index contributed by atoms with van der Waals surface area (Å²) in [4.78, 5) is 25.5. The molecule has 166 valence electrons. The third-order valence-corrected chi connectivity index (χ3v) is 9.41. The van der Waals surface area contributed by atoms with E-state index in [1.165, 1.54) is 0 Å². The number of carbonyl (C=O) groups excluding carboxylic acids is 1. The first-order valence-corrected chi connectivity index (χ1v) is 11.8. The number of anilines is 1. The molecule has 3 saturated carbocycles. The Labute approximate surface area is 183 Å². The molecule has 4 unspecified atom stereocenters. The van der Waals surface area contributed by atoms with Crippen molar-refractivity contribution < 1.29 is 19.8 Å². The highest BCUT2D eigenvalue weighted by Gasteiger charge is 2.58. The van der Waals surface area contributed by atoms with Crippen molar-refractivity contribution in [1.82, 2.24) is 0 Å². The number of Topliss-reactive ketones (excluding diaryl/α,β-unsaturated/α-hetero) is 1. The Morgan fingerprint density at radius 3 is 2.65 bits per heavy atom. The maximum absolute atomic E-state index is 13.0. The van der Waals surface area contributed by atoms with Crippen molar-refractivity contribution in [2.45, 2.75) is 64.9 Å². The van der Waals surface area contributed by atoms with Gasteiger partial charge in [-0.2, -0.15) is 0 Å². The second-order valence-electron chi connectivity index (χ2n) is 10.8. The minimum Gasteiger partial charge on any atom is -0.481 e. The fourth-order valence-corrected chi connectivity index (χ4v) is 7.48. The van der Waals surface area contributed by atoms with Crippen LogP contribution in [-0.4, -0.2) is 28.1 Å². The first-order chi connectivity index (χ1) is 14.7. The quantitative estimate of drug-likeness (QED) is 0.591. The molecule has 1 aliphatic heterocycles. The maximum Gasteiger partial charge on any atom is 0.309 e. The molecular formula is C26H33NO4. The van der Waals surface area contributed by atoms with Crippen LogP contribution in [0.2, 0.25) is 0 Å². The van der Waals surface area contributed by atoms with Gasteiger partial charge in [-0.05, 0) is 93.1 Å². The average Bonchev–Trinajstić information content (AvgIpc) is 3.06. The summed E-state index contributed by atoms with van der Waals surface area (Å²) >= 11 is 0. The minimum atomic E-state index is -0.873. The van der Waals surface area contributed by atoms with Gasteiger partial charge in [-0.15, -0.1) is 0 Å². The second-order valence-corrected chi connectivity index (χ2v) is 10.8. The molecule has 1 heterocycles. The lowest BCUT2D eigenvalue weighted by Gasteiger charge is -2.60. The van der Waals surface area contributed by atoms with E-state index in [4.69, 9.17) is 0 Å². The molecule has 7 atom stereocenters. The zero-order valence-electron chi connectivity index (χ0n) is 18.4. The molecule has 0 bridgehead atoms. The molecule has 3 fully saturated rings. The minimum absolute atomic E-state index is 0.0360. The van der Waals surface area contributed by atoms with Gasteiger partial charge in [-0.1, -0.05) is 25.1 Å². The molecular weight excluding hydrogens is 390 g/mol. The van der Waals surface area contributed by atoms with E-state index in [0.29, 0.717) is 29.5 Å². The highest BCUT2D eigenvalue weighted by molar-refractivity contribution is 6.18. The third-order valence-electron chi connectivity index (χ3n) is 9.41. The summed E-state index contributed by atoms with van der Waals surface area (Å²) < 4.78 is 0. The summed E-state index contributed by atoms with van der Waals surface area (Å²) in [7, 11) is 0. The van der Waals surface area contributed by atoms with Gasteiger partial charge in [-0.3, -0.25) is 9.59 Å². The van der Waals surface area contributed by atoms with Gasteiger partial charge in [0, 0.05) is 11.3 Å². The summed E-state index contributed by atoms with van der Waals surface area (Å²) in [5.41, 5.74) is 1.28. The third kappa shape index (κ3) is 3.07. The van der Waals surface area contributed by atoms with Crippen LogP contribution in [0.5, 0.6) is 0 Å². The fraction of sp³-hybridized carbons (Fsp3) is 0.615. The number of benzene rings is 1. The van der Waals surface area contributed by atoms with Crippen molar-refractivity contribution in [3.8, 4) is 0 Å². The second kappa shape index (κ2) is 7.19. The molecule has 0 spiro atoms. The molecule has 1 aromatic carbocycles. The lowest BCUT2D eigenvalue weighted by atomic mass is 9.44. The van der Waals surface area contributed by atoms with Crippen LogP contribution in [0.3, 0.4) is 0 Å². The molecule has 0 saturated heterocycles. The van der Waals surface area contributed by atoms with Crippen molar-refractivity contribution in [2.24, 2.45) is 34.5 Å². The molecule has 5 rings (SSSR count). The smallest absolute Gasteiger partial charge is 0.309 e. The van der Waals surface area contributed by atoms with Crippen molar-refractivity contribution >= 4 is 17.4 Å². The molecule has 5 heteroatoms. The number of nitrogens with one attached hydrogen (secondary N) is 1. The standard InChI is InChI=1S/C26H33NO4/c1-25-11-9-16(28)13-15(25)7-8-17-19(25)10-12-26(2,24(30)31)20(17)14-22-23(29)18-5-3-4-6-21(18)27-22/h3-6,14-17,19-20,27-28H,7-13H2,1-2H3,(H,30,31)/t15?,16-,17?,19?,20?,25+,26+/m1/s1. The molecule has 31 heavy (non-hydrogen) atoms. The number of allylic oxidation sites excluding steroid dienone is 2. The monoisotopic (exact) mass is 423 g/mol. The van der Waals surface area contributed by atoms with Crippen molar-refractivity contribution in [1.29, 1.82) is 0 Å². The predicted molar refractivity (Wildman–Crippen MR) is 119 cm³/mol. The molecule has 5 nitrogen and oxygen atoms in total. The number of carboxylic acids is 1. The van der Waals surface area contributed by atoms with Crippen molar-refractivity contribution in [2.75, 3.05) is 5.32 Å². The fourth-order valence-electron chi connectivity index (χ4n) is 7.48. The molecule has 3 N–H and O–H groups in total. The highest BCUT2D eigenvalue weighted by atomic mass is 16.4. The van der Waals surface area contributed by atoms with E-state index in [1.54, 1.807) is 0 Å². The van der Waals surface area contributed by atoms with E-state index < -0.39 is 11.4 Å². The van der Waals surface area contributed by atoms with Gasteiger partial charge in [0.05, 0.1) is 17.2 Å². The van der Waals surface area contributed by atoms with Crippen molar-refractivity contribution in [3.05, 3.63) is 41.6 Å². The van der Waals surface area contributed by atoms with Crippen molar-refractivity contribution in [3.63, 3.8) is 0 Å². The SMILES string of the molecule is C[C@]12CC[C@@H](O)CC1CCC1C2CC[C@](C)(C(=O)O)C1C=C1Nc2ccccc2C1=O. The normalized spacial score (nSPS) is 43.0. The van der Waals surface area contributed by atoms with E-state index >= 15 is 0 Å². The molecule has 0 radical (unpaired) electrons. The van der Waals surface area contributed by atoms with E-state index in [-0.39, 0.29) is 29.1 Å². The summed E-state index contributed by atoms with van der Waals surface area (Å²) in [5, 5.41) is 23.7. The Morgan fingerprint density at radius 2 is 1.90 bits per heavy atom. The molecule has 3 aliphatic carbocycles. The van der Waals surface area contributed by atoms with E-state index in [1.807, 2.05) is 37.3 Å². The lowest BCUT2D eigenvalue weighted by molar-refractivity contribution is -0.164. The number of hydrogen-bond acceptors (Lipinski definition) is 4. The van der Waals surface area contributed by atoms with Crippen LogP contribution in [0.25, 0.3) is 0 Å². The van der Waals surface area contributed by atoms with E-state index in [0.717, 1.165) is 44.2 Å². The number of carboxylic acid groups (broad SMARTS) is 1. The van der Waals surface area contributed by atoms with Gasteiger partial charge in [0.25, 0.3) is 0 Å². The Balaban J connectivity index is 1.52. The average molecular weight is 424 g/mol. The summed E-state index contributed by atoms with van der Waals surface area (Å²) in [5.74, 6) is 0.210. The maximum atomic E-state index is 13.0. The van der Waals surface area contributed by atoms with Crippen LogP contribution >= 0.6 is 0 Å². The number of rotatable bonds is 2. The number of aliphatic hydroxyl groups excluding tert-OH is 1. The van der Waals surface area contributed by atoms with Crippen LogP contribution in [0.15, 0.2) is 36.0 Å². The summed E-state index contributed by atoms with van der Waals surface area (Å²) in [6.07, 6.45) is 8.04. The molecule has 1 aromatic rings. The number of hydrogen-bond donors (Lipinski definition) is 3. The van der Waals surface area contributed by atoms with Crippen LogP contribution in [0, 0.1) is 34.5 Å². The van der Waals surface area contributed by atoms with Gasteiger partial charge in [-0.25, -0.2) is 0 Å². The number of aliphatic carboxylic acids is 1. The first-order valence-electron chi connectivity index (χ1n) is 11.8.